The van der Waals surface area contributed by atoms with Crippen LogP contribution in [0.5, 0.6) is 0 Å². The lowest BCUT2D eigenvalue weighted by molar-refractivity contribution is -0.124. The molecule has 20 heavy (non-hydrogen) atoms. The van der Waals surface area contributed by atoms with E-state index in [1.54, 1.807) is 18.2 Å². The van der Waals surface area contributed by atoms with Gasteiger partial charge < -0.3 is 16.0 Å². The molecule has 0 aliphatic heterocycles. The Morgan fingerprint density at radius 1 is 1.40 bits per heavy atom. The van der Waals surface area contributed by atoms with Crippen molar-refractivity contribution in [3.8, 4) is 0 Å². The van der Waals surface area contributed by atoms with Crippen LogP contribution in [0.25, 0.3) is 0 Å². The Balaban J connectivity index is 3.21. The Morgan fingerprint density at radius 2 is 2.00 bits per heavy atom. The smallest absolute Gasteiger partial charge is 0.294 e. The molecule has 0 saturated heterocycles. The number of alkyl halides is 1. The van der Waals surface area contributed by atoms with E-state index in [1.165, 1.54) is 25.1 Å². The minimum atomic E-state index is -0.859. The summed E-state index contributed by atoms with van der Waals surface area (Å²) in [7, 11) is 2.98. The van der Waals surface area contributed by atoms with E-state index in [1.807, 2.05) is 0 Å². The molecule has 106 valence electrons. The number of amidine groups is 1. The number of carbonyl (C=O) groups excluding carboxylic acids is 2. The number of benzene rings is 1. The van der Waals surface area contributed by atoms with Crippen LogP contribution in [0.2, 0.25) is 0 Å². The normalized spacial score (nSPS) is 12.7. The van der Waals surface area contributed by atoms with Crippen LogP contribution in [0, 0.1) is 5.41 Å². The van der Waals surface area contributed by atoms with Crippen LogP contribution in [0.15, 0.2) is 29.3 Å². The highest BCUT2D eigenvalue weighted by molar-refractivity contribution is 6.44. The molecule has 3 N–H and O–H groups in total. The molecule has 1 rings (SSSR count). The standard InChI is InChI=1S/C13H15ClN4O2/c1-18(2)13(20)11(19)8-5-3-4-6-10(8)17-12(16)9(14)7-15/h3-7,9,15H,1-2H3,(H2,16,17). The summed E-state index contributed by atoms with van der Waals surface area (Å²) in [6.45, 7) is 0. The van der Waals surface area contributed by atoms with Gasteiger partial charge in [-0.15, -0.1) is 11.6 Å². The fourth-order valence-corrected chi connectivity index (χ4v) is 1.42. The van der Waals surface area contributed by atoms with Crippen molar-refractivity contribution in [3.63, 3.8) is 0 Å². The number of amides is 1. The lowest BCUT2D eigenvalue weighted by Crippen LogP contribution is -2.30. The van der Waals surface area contributed by atoms with Crippen molar-refractivity contribution in [1.82, 2.24) is 4.90 Å². The van der Waals surface area contributed by atoms with Crippen molar-refractivity contribution in [1.29, 1.82) is 5.41 Å². The highest BCUT2D eigenvalue weighted by Crippen LogP contribution is 2.20. The Morgan fingerprint density at radius 3 is 2.55 bits per heavy atom. The summed E-state index contributed by atoms with van der Waals surface area (Å²) < 4.78 is 0. The van der Waals surface area contributed by atoms with Crippen LogP contribution in [0.3, 0.4) is 0 Å². The van der Waals surface area contributed by atoms with Gasteiger partial charge >= 0.3 is 0 Å². The number of ketones is 1. The number of hydrogen-bond donors (Lipinski definition) is 2. The summed E-state index contributed by atoms with van der Waals surface area (Å²) in [5.41, 5.74) is 6.01. The molecule has 7 heteroatoms. The molecule has 1 unspecified atom stereocenters. The largest absolute Gasteiger partial charge is 0.386 e. The van der Waals surface area contributed by atoms with E-state index in [4.69, 9.17) is 22.7 Å². The minimum absolute atomic E-state index is 0.0146. The summed E-state index contributed by atoms with van der Waals surface area (Å²) >= 11 is 5.75. The Labute approximate surface area is 121 Å². The first-order valence-electron chi connectivity index (χ1n) is 5.72. The molecule has 0 spiro atoms. The van der Waals surface area contributed by atoms with Gasteiger partial charge in [0.05, 0.1) is 11.3 Å². The van der Waals surface area contributed by atoms with E-state index >= 15 is 0 Å². The van der Waals surface area contributed by atoms with Crippen molar-refractivity contribution >= 4 is 41.0 Å². The van der Waals surface area contributed by atoms with Crippen molar-refractivity contribution in [2.75, 3.05) is 14.1 Å². The molecular weight excluding hydrogens is 280 g/mol. The van der Waals surface area contributed by atoms with Crippen LogP contribution < -0.4 is 5.73 Å². The third kappa shape index (κ3) is 3.64. The molecule has 0 aliphatic rings. The molecule has 0 heterocycles. The van der Waals surface area contributed by atoms with Gasteiger partial charge in [0.25, 0.3) is 11.7 Å². The first kappa shape index (κ1) is 15.8. The molecule has 0 fully saturated rings. The number of para-hydroxylation sites is 1. The second-order valence-corrected chi connectivity index (χ2v) is 4.62. The second-order valence-electron chi connectivity index (χ2n) is 4.15. The van der Waals surface area contributed by atoms with E-state index in [9.17, 15) is 9.59 Å². The minimum Gasteiger partial charge on any atom is -0.386 e. The number of nitrogens with zero attached hydrogens (tertiary/aromatic N) is 2. The zero-order chi connectivity index (χ0) is 15.3. The van der Waals surface area contributed by atoms with Crippen LogP contribution in [-0.2, 0) is 4.79 Å². The number of Topliss-reactive ketones (excluding diaryl/α,β-unsaturated/α-hetero) is 1. The van der Waals surface area contributed by atoms with E-state index in [2.05, 4.69) is 4.99 Å². The lowest BCUT2D eigenvalue weighted by atomic mass is 10.1. The van der Waals surface area contributed by atoms with Crippen LogP contribution in [0.1, 0.15) is 10.4 Å². The SMILES string of the molecule is CN(C)C(=O)C(=O)c1ccccc1N=C(N)C(Cl)C=N. The molecule has 1 aromatic carbocycles. The average Bonchev–Trinajstić information content (AvgIpc) is 2.45. The van der Waals surface area contributed by atoms with Crippen molar-refractivity contribution < 1.29 is 9.59 Å². The molecule has 0 radical (unpaired) electrons. The molecule has 0 aliphatic carbocycles. The average molecular weight is 295 g/mol. The monoisotopic (exact) mass is 294 g/mol. The molecule has 0 saturated carbocycles. The van der Waals surface area contributed by atoms with Gasteiger partial charge in [0, 0.05) is 20.3 Å². The Bertz CT molecular complexity index is 569. The van der Waals surface area contributed by atoms with Crippen LogP contribution >= 0.6 is 11.6 Å². The van der Waals surface area contributed by atoms with Crippen LogP contribution in [0.4, 0.5) is 5.69 Å². The number of nitrogens with two attached hydrogens (primary N) is 1. The highest BCUT2D eigenvalue weighted by Gasteiger charge is 2.21. The van der Waals surface area contributed by atoms with Crippen molar-refractivity contribution in [2.45, 2.75) is 5.38 Å². The molecule has 0 bridgehead atoms. The maximum absolute atomic E-state index is 12.0. The number of halogens is 1. The summed E-state index contributed by atoms with van der Waals surface area (Å²) in [5, 5.41) is 6.16. The molecular formula is C13H15ClN4O2. The lowest BCUT2D eigenvalue weighted by Gasteiger charge is -2.10. The third-order valence-electron chi connectivity index (χ3n) is 2.43. The number of nitrogens with one attached hydrogen (secondary N) is 1. The number of carbonyl (C=O) groups is 2. The zero-order valence-electron chi connectivity index (χ0n) is 11.1. The topological polar surface area (TPSA) is 99.6 Å². The molecule has 6 nitrogen and oxygen atoms in total. The summed E-state index contributed by atoms with van der Waals surface area (Å²) in [4.78, 5) is 29.0. The predicted octanol–water partition coefficient (Wildman–Crippen LogP) is 1.20. The van der Waals surface area contributed by atoms with E-state index in [-0.39, 0.29) is 17.1 Å². The number of likely N-dealkylation sites (N-methyl/N-ethyl adjacent to an activating group) is 1. The quantitative estimate of drug-likeness (QED) is 0.280. The van der Waals surface area contributed by atoms with Crippen molar-refractivity contribution in [2.24, 2.45) is 10.7 Å². The van der Waals surface area contributed by atoms with Gasteiger partial charge in [-0.25, -0.2) is 4.99 Å². The number of hydrogen-bond acceptors (Lipinski definition) is 4. The maximum Gasteiger partial charge on any atom is 0.294 e. The predicted molar refractivity (Wildman–Crippen MR) is 79.2 cm³/mol. The zero-order valence-corrected chi connectivity index (χ0v) is 11.9. The molecule has 1 aromatic rings. The van der Waals surface area contributed by atoms with Gasteiger partial charge in [0.15, 0.2) is 0 Å². The number of aliphatic imine (C=N–C) groups is 1. The fraction of sp³-hybridized carbons (Fsp3) is 0.231. The number of rotatable bonds is 5. The molecule has 1 amide bonds. The van der Waals surface area contributed by atoms with E-state index < -0.39 is 17.1 Å². The van der Waals surface area contributed by atoms with Gasteiger partial charge in [-0.2, -0.15) is 0 Å². The summed E-state index contributed by atoms with van der Waals surface area (Å²) in [6.07, 6.45) is 0.926. The molecule has 1 atom stereocenters. The fourth-order valence-electron chi connectivity index (χ4n) is 1.37. The summed E-state index contributed by atoms with van der Waals surface area (Å²) in [6, 6.07) is 6.33. The summed E-state index contributed by atoms with van der Waals surface area (Å²) in [5.74, 6) is -1.34. The first-order valence-corrected chi connectivity index (χ1v) is 6.15. The van der Waals surface area contributed by atoms with Crippen molar-refractivity contribution in [3.05, 3.63) is 29.8 Å². The van der Waals surface area contributed by atoms with Gasteiger partial charge in [0.1, 0.15) is 11.2 Å². The Hall–Kier alpha value is -2.21. The first-order chi connectivity index (χ1) is 9.38. The third-order valence-corrected chi connectivity index (χ3v) is 2.78. The van der Waals surface area contributed by atoms with Gasteiger partial charge in [-0.05, 0) is 12.1 Å². The van der Waals surface area contributed by atoms with Gasteiger partial charge in [0.2, 0.25) is 0 Å². The van der Waals surface area contributed by atoms with E-state index in [0.717, 1.165) is 6.21 Å². The van der Waals surface area contributed by atoms with Gasteiger partial charge in [-0.3, -0.25) is 9.59 Å². The van der Waals surface area contributed by atoms with Gasteiger partial charge in [-0.1, -0.05) is 12.1 Å². The highest BCUT2D eigenvalue weighted by atomic mass is 35.5. The maximum atomic E-state index is 12.0. The Kier molecular flexibility index (Phi) is 5.40. The second kappa shape index (κ2) is 6.81. The van der Waals surface area contributed by atoms with Crippen LogP contribution in [-0.4, -0.2) is 48.1 Å². The van der Waals surface area contributed by atoms with E-state index in [0.29, 0.717) is 0 Å². The molecule has 0 aromatic heterocycles.